The fourth-order valence-electron chi connectivity index (χ4n) is 1.92. The van der Waals surface area contributed by atoms with Crippen LogP contribution < -0.4 is 0 Å². The van der Waals surface area contributed by atoms with Crippen LogP contribution in [-0.4, -0.2) is 26.6 Å². The second-order valence-corrected chi connectivity index (χ2v) is 5.62. The molecule has 0 heterocycles. The first-order valence-corrected chi connectivity index (χ1v) is 7.66. The fourth-order valence-corrected chi connectivity index (χ4v) is 3.19. The Balaban J connectivity index is 2.49. The molecule has 0 aliphatic heterocycles. The van der Waals surface area contributed by atoms with E-state index in [2.05, 4.69) is 0 Å². The molecule has 0 aliphatic rings. The van der Waals surface area contributed by atoms with Gasteiger partial charge in [-0.2, -0.15) is 17.8 Å². The Kier molecular flexibility index (Phi) is 4.19. The highest BCUT2D eigenvalue weighted by Gasteiger charge is 2.21. The second kappa shape index (κ2) is 5.69. The zero-order valence-electron chi connectivity index (χ0n) is 11.0. The molecule has 0 aromatic heterocycles. The van der Waals surface area contributed by atoms with Gasteiger partial charge in [0.1, 0.15) is 4.90 Å². The van der Waals surface area contributed by atoms with Crippen molar-refractivity contribution in [1.29, 1.82) is 0 Å². The van der Waals surface area contributed by atoms with Gasteiger partial charge in [-0.25, -0.2) is 0 Å². The summed E-state index contributed by atoms with van der Waals surface area (Å²) < 4.78 is 29.8. The van der Waals surface area contributed by atoms with E-state index in [9.17, 15) is 8.42 Å². The van der Waals surface area contributed by atoms with Gasteiger partial charge in [-0.15, -0.1) is 0 Å². The van der Waals surface area contributed by atoms with Crippen LogP contribution in [0.1, 0.15) is 13.8 Å². The molecule has 0 radical (unpaired) electrons. The van der Waals surface area contributed by atoms with Gasteiger partial charge in [-0.1, -0.05) is 50.2 Å². The van der Waals surface area contributed by atoms with Gasteiger partial charge in [-0.3, -0.25) is 0 Å². The molecule has 0 saturated carbocycles. The van der Waals surface area contributed by atoms with E-state index >= 15 is 0 Å². The van der Waals surface area contributed by atoms with Gasteiger partial charge in [-0.05, 0) is 11.5 Å². The van der Waals surface area contributed by atoms with E-state index in [-0.39, 0.29) is 4.90 Å². The molecule has 2 aromatic carbocycles. The zero-order chi connectivity index (χ0) is 13.9. The molecule has 102 valence electrons. The third-order valence-corrected chi connectivity index (χ3v) is 4.23. The summed E-state index contributed by atoms with van der Waals surface area (Å²) in [5.74, 6) is 0. The summed E-state index contributed by atoms with van der Waals surface area (Å²) in [5, 5.41) is 2.97. The number of fused-ring (bicyclic) bond motifs is 1. The average molecular weight is 279 g/mol. The van der Waals surface area contributed by atoms with Gasteiger partial charge >= 0.3 is 10.1 Å². The van der Waals surface area contributed by atoms with E-state index in [0.717, 1.165) is 5.39 Å². The second-order valence-electron chi connectivity index (χ2n) is 4.12. The highest BCUT2D eigenvalue weighted by molar-refractivity contribution is 7.87. The maximum absolute atomic E-state index is 12.3. The number of hydroxylamine groups is 2. The zero-order valence-corrected chi connectivity index (χ0v) is 11.9. The van der Waals surface area contributed by atoms with Crippen LogP contribution in [0.4, 0.5) is 0 Å². The minimum atomic E-state index is -3.78. The quantitative estimate of drug-likeness (QED) is 0.790. The van der Waals surface area contributed by atoms with Crippen LogP contribution in [0.2, 0.25) is 0 Å². The van der Waals surface area contributed by atoms with Crippen LogP contribution in [0.25, 0.3) is 10.8 Å². The lowest BCUT2D eigenvalue weighted by Crippen LogP contribution is -2.27. The van der Waals surface area contributed by atoms with Crippen molar-refractivity contribution in [3.63, 3.8) is 0 Å². The number of nitrogens with zero attached hydrogens (tertiary/aromatic N) is 1. The van der Waals surface area contributed by atoms with Crippen molar-refractivity contribution in [1.82, 2.24) is 5.06 Å². The Bertz CT molecular complexity index is 658. The van der Waals surface area contributed by atoms with Crippen LogP contribution in [0, 0.1) is 0 Å². The first kappa shape index (κ1) is 14.0. The van der Waals surface area contributed by atoms with E-state index in [1.54, 1.807) is 18.2 Å². The van der Waals surface area contributed by atoms with Gasteiger partial charge < -0.3 is 0 Å². The molecule has 2 rings (SSSR count). The molecular weight excluding hydrogens is 262 g/mol. The van der Waals surface area contributed by atoms with Crippen LogP contribution in [-0.2, 0) is 14.4 Å². The van der Waals surface area contributed by atoms with E-state index in [0.29, 0.717) is 18.5 Å². The summed E-state index contributed by atoms with van der Waals surface area (Å²) in [7, 11) is -3.78. The molecule has 0 aliphatic carbocycles. The molecular formula is C14H17NO3S. The summed E-state index contributed by atoms with van der Waals surface area (Å²) in [4.78, 5) is 0.206. The minimum Gasteiger partial charge on any atom is -0.192 e. The van der Waals surface area contributed by atoms with Gasteiger partial charge in [0, 0.05) is 18.5 Å². The van der Waals surface area contributed by atoms with Crippen LogP contribution in [0.3, 0.4) is 0 Å². The Morgan fingerprint density at radius 3 is 2.32 bits per heavy atom. The smallest absolute Gasteiger partial charge is 0.192 e. The Morgan fingerprint density at radius 1 is 1.00 bits per heavy atom. The maximum Gasteiger partial charge on any atom is 0.313 e. The lowest BCUT2D eigenvalue weighted by Gasteiger charge is -2.17. The molecule has 19 heavy (non-hydrogen) atoms. The molecule has 0 fully saturated rings. The van der Waals surface area contributed by atoms with Crippen molar-refractivity contribution in [3.05, 3.63) is 42.5 Å². The molecule has 4 nitrogen and oxygen atoms in total. The minimum absolute atomic E-state index is 0.206. The number of benzene rings is 2. The van der Waals surface area contributed by atoms with Crippen molar-refractivity contribution in [2.75, 3.05) is 13.1 Å². The monoisotopic (exact) mass is 279 g/mol. The van der Waals surface area contributed by atoms with Crippen LogP contribution in [0.15, 0.2) is 47.4 Å². The van der Waals surface area contributed by atoms with E-state index in [1.807, 2.05) is 38.1 Å². The summed E-state index contributed by atoms with van der Waals surface area (Å²) in [6, 6.07) is 12.5. The number of hydrogen-bond acceptors (Lipinski definition) is 4. The van der Waals surface area contributed by atoms with Crippen molar-refractivity contribution in [2.24, 2.45) is 0 Å². The average Bonchev–Trinajstić information content (AvgIpc) is 2.44. The fraction of sp³-hybridized carbons (Fsp3) is 0.286. The first-order valence-electron chi connectivity index (χ1n) is 6.25. The SMILES string of the molecule is CCN(CC)OS(=O)(=O)c1cccc2ccccc12. The molecule has 0 spiro atoms. The standard InChI is InChI=1S/C14H17NO3S/c1-3-15(4-2)18-19(16,17)14-11-7-9-12-8-5-6-10-13(12)14/h5-11H,3-4H2,1-2H3. The summed E-state index contributed by atoms with van der Waals surface area (Å²) >= 11 is 0. The molecule has 0 N–H and O–H groups in total. The predicted molar refractivity (Wildman–Crippen MR) is 75.1 cm³/mol. The third kappa shape index (κ3) is 2.94. The van der Waals surface area contributed by atoms with E-state index in [1.165, 1.54) is 5.06 Å². The van der Waals surface area contributed by atoms with Crippen molar-refractivity contribution < 1.29 is 12.7 Å². The van der Waals surface area contributed by atoms with Crippen LogP contribution >= 0.6 is 0 Å². The molecule has 0 unspecified atom stereocenters. The molecule has 0 saturated heterocycles. The highest BCUT2D eigenvalue weighted by Crippen LogP contribution is 2.24. The first-order chi connectivity index (χ1) is 9.08. The Labute approximate surface area is 113 Å². The van der Waals surface area contributed by atoms with Gasteiger partial charge in [0.15, 0.2) is 0 Å². The number of rotatable bonds is 5. The largest absolute Gasteiger partial charge is 0.313 e. The van der Waals surface area contributed by atoms with Crippen molar-refractivity contribution in [2.45, 2.75) is 18.7 Å². The number of hydrogen-bond donors (Lipinski definition) is 0. The molecule has 0 atom stereocenters. The van der Waals surface area contributed by atoms with E-state index in [4.69, 9.17) is 4.28 Å². The predicted octanol–water partition coefficient (Wildman–Crippen LogP) is 2.80. The summed E-state index contributed by atoms with van der Waals surface area (Å²) in [6.45, 7) is 4.73. The molecule has 0 bridgehead atoms. The van der Waals surface area contributed by atoms with Crippen molar-refractivity contribution >= 4 is 20.9 Å². The lowest BCUT2D eigenvalue weighted by atomic mass is 10.1. The lowest BCUT2D eigenvalue weighted by molar-refractivity contribution is -0.0412. The third-order valence-electron chi connectivity index (χ3n) is 2.93. The topological polar surface area (TPSA) is 46.6 Å². The molecule has 5 heteroatoms. The van der Waals surface area contributed by atoms with Gasteiger partial charge in [0.05, 0.1) is 0 Å². The Hall–Kier alpha value is -1.43. The Morgan fingerprint density at radius 2 is 1.63 bits per heavy atom. The molecule has 2 aromatic rings. The summed E-state index contributed by atoms with van der Waals surface area (Å²) in [6.07, 6.45) is 0. The molecule has 0 amide bonds. The van der Waals surface area contributed by atoms with Crippen LogP contribution in [0.5, 0.6) is 0 Å². The van der Waals surface area contributed by atoms with Crippen molar-refractivity contribution in [3.8, 4) is 0 Å². The normalized spacial score (nSPS) is 12.2. The summed E-state index contributed by atoms with van der Waals surface area (Å²) in [5.41, 5.74) is 0. The van der Waals surface area contributed by atoms with Gasteiger partial charge in [0.25, 0.3) is 0 Å². The van der Waals surface area contributed by atoms with E-state index < -0.39 is 10.1 Å². The highest BCUT2D eigenvalue weighted by atomic mass is 32.2. The maximum atomic E-state index is 12.3. The van der Waals surface area contributed by atoms with Gasteiger partial charge in [0.2, 0.25) is 0 Å².